The first-order valence-corrected chi connectivity index (χ1v) is 5.29. The van der Waals surface area contributed by atoms with Gasteiger partial charge in [-0.1, -0.05) is 0 Å². The van der Waals surface area contributed by atoms with Crippen LogP contribution >= 0.6 is 0 Å². The van der Waals surface area contributed by atoms with Gasteiger partial charge in [0.25, 0.3) is 5.89 Å². The SMILES string of the molecule is NCCCc1nnc(-c2ccc(F)c(F)c2F)o1. The van der Waals surface area contributed by atoms with Gasteiger partial charge in [-0.25, -0.2) is 13.2 Å². The summed E-state index contributed by atoms with van der Waals surface area (Å²) in [5.41, 5.74) is 5.05. The van der Waals surface area contributed by atoms with E-state index >= 15 is 0 Å². The fourth-order valence-electron chi connectivity index (χ4n) is 1.41. The molecular formula is C11H10F3N3O. The summed E-state index contributed by atoms with van der Waals surface area (Å²) in [5.74, 6) is -4.07. The van der Waals surface area contributed by atoms with Gasteiger partial charge in [0.05, 0.1) is 5.56 Å². The molecule has 1 aromatic carbocycles. The van der Waals surface area contributed by atoms with Crippen LogP contribution in [-0.4, -0.2) is 16.7 Å². The number of benzene rings is 1. The largest absolute Gasteiger partial charge is 0.421 e. The Kier molecular flexibility index (Phi) is 3.61. The third kappa shape index (κ3) is 2.35. The van der Waals surface area contributed by atoms with Crippen molar-refractivity contribution in [3.63, 3.8) is 0 Å². The standard InChI is InChI=1S/C11H10F3N3O/c12-7-4-3-6(9(13)10(7)14)11-17-16-8(18-11)2-1-5-15/h3-4H,1-2,5,15H2. The number of halogens is 3. The molecule has 0 spiro atoms. The van der Waals surface area contributed by atoms with Crippen LogP contribution in [0.4, 0.5) is 13.2 Å². The first-order valence-electron chi connectivity index (χ1n) is 5.29. The third-order valence-electron chi connectivity index (χ3n) is 2.33. The first kappa shape index (κ1) is 12.6. The maximum atomic E-state index is 13.4. The highest BCUT2D eigenvalue weighted by molar-refractivity contribution is 5.53. The number of aryl methyl sites for hydroxylation is 1. The summed E-state index contributed by atoms with van der Waals surface area (Å²) >= 11 is 0. The lowest BCUT2D eigenvalue weighted by molar-refractivity contribution is 0.443. The van der Waals surface area contributed by atoms with E-state index in [1.807, 2.05) is 0 Å². The van der Waals surface area contributed by atoms with Crippen molar-refractivity contribution in [3.8, 4) is 11.5 Å². The molecule has 0 aliphatic heterocycles. The predicted molar refractivity (Wildman–Crippen MR) is 57.0 cm³/mol. The molecule has 0 aliphatic carbocycles. The highest BCUT2D eigenvalue weighted by Crippen LogP contribution is 2.24. The van der Waals surface area contributed by atoms with Gasteiger partial charge in [0, 0.05) is 6.42 Å². The van der Waals surface area contributed by atoms with Gasteiger partial charge in [-0.3, -0.25) is 0 Å². The minimum atomic E-state index is -1.56. The zero-order valence-corrected chi connectivity index (χ0v) is 9.29. The average molecular weight is 257 g/mol. The van der Waals surface area contributed by atoms with Gasteiger partial charge in [-0.2, -0.15) is 0 Å². The van der Waals surface area contributed by atoms with Gasteiger partial charge in [0.1, 0.15) is 0 Å². The molecule has 2 aromatic rings. The van der Waals surface area contributed by atoms with Crippen molar-refractivity contribution < 1.29 is 17.6 Å². The van der Waals surface area contributed by atoms with E-state index in [0.29, 0.717) is 19.4 Å². The monoisotopic (exact) mass is 257 g/mol. The van der Waals surface area contributed by atoms with Crippen LogP contribution in [0.1, 0.15) is 12.3 Å². The van der Waals surface area contributed by atoms with E-state index in [1.54, 1.807) is 0 Å². The van der Waals surface area contributed by atoms with Crippen LogP contribution in [0.2, 0.25) is 0 Å². The minimum Gasteiger partial charge on any atom is -0.421 e. The van der Waals surface area contributed by atoms with Crippen molar-refractivity contribution >= 4 is 0 Å². The lowest BCUT2D eigenvalue weighted by Gasteiger charge is -1.99. The lowest BCUT2D eigenvalue weighted by Crippen LogP contribution is -2.00. The van der Waals surface area contributed by atoms with Crippen molar-refractivity contribution in [2.24, 2.45) is 5.73 Å². The zero-order valence-electron chi connectivity index (χ0n) is 9.29. The second-order valence-corrected chi connectivity index (χ2v) is 3.62. The molecule has 0 unspecified atom stereocenters. The summed E-state index contributed by atoms with van der Waals surface area (Å²) in [6, 6.07) is 1.85. The van der Waals surface area contributed by atoms with Gasteiger partial charge >= 0.3 is 0 Å². The number of nitrogens with two attached hydrogens (primary N) is 1. The van der Waals surface area contributed by atoms with Crippen LogP contribution < -0.4 is 5.73 Å². The molecule has 7 heteroatoms. The van der Waals surface area contributed by atoms with Crippen molar-refractivity contribution in [1.82, 2.24) is 10.2 Å². The molecule has 0 atom stereocenters. The van der Waals surface area contributed by atoms with Gasteiger partial charge < -0.3 is 10.2 Å². The Morgan fingerprint density at radius 1 is 1.11 bits per heavy atom. The maximum Gasteiger partial charge on any atom is 0.250 e. The molecule has 0 amide bonds. The van der Waals surface area contributed by atoms with E-state index in [4.69, 9.17) is 10.2 Å². The molecule has 2 rings (SSSR count). The second kappa shape index (κ2) is 5.18. The first-order chi connectivity index (χ1) is 8.63. The van der Waals surface area contributed by atoms with Crippen LogP contribution in [-0.2, 0) is 6.42 Å². The molecule has 1 aromatic heterocycles. The summed E-state index contributed by atoms with van der Waals surface area (Å²) in [6.07, 6.45) is 1.09. The van der Waals surface area contributed by atoms with Crippen molar-refractivity contribution in [1.29, 1.82) is 0 Å². The molecule has 2 N–H and O–H groups in total. The quantitative estimate of drug-likeness (QED) is 0.851. The van der Waals surface area contributed by atoms with Crippen molar-refractivity contribution in [3.05, 3.63) is 35.5 Å². The Morgan fingerprint density at radius 2 is 1.89 bits per heavy atom. The van der Waals surface area contributed by atoms with Crippen LogP contribution in [0.5, 0.6) is 0 Å². The van der Waals surface area contributed by atoms with E-state index in [2.05, 4.69) is 10.2 Å². The molecule has 0 fully saturated rings. The summed E-state index contributed by atoms with van der Waals surface area (Å²) in [5, 5.41) is 7.25. The Hall–Kier alpha value is -1.89. The maximum absolute atomic E-state index is 13.4. The number of aromatic nitrogens is 2. The van der Waals surface area contributed by atoms with E-state index in [-0.39, 0.29) is 17.3 Å². The molecular weight excluding hydrogens is 247 g/mol. The van der Waals surface area contributed by atoms with Gasteiger partial charge in [-0.05, 0) is 25.1 Å². The third-order valence-corrected chi connectivity index (χ3v) is 2.33. The van der Waals surface area contributed by atoms with Crippen LogP contribution in [0, 0.1) is 17.5 Å². The smallest absolute Gasteiger partial charge is 0.250 e. The molecule has 0 aliphatic rings. The van der Waals surface area contributed by atoms with Crippen molar-refractivity contribution in [2.45, 2.75) is 12.8 Å². The number of rotatable bonds is 4. The summed E-state index contributed by atoms with van der Waals surface area (Å²) < 4.78 is 44.4. The average Bonchev–Trinajstić information content (AvgIpc) is 2.82. The van der Waals surface area contributed by atoms with E-state index in [1.165, 1.54) is 0 Å². The fourth-order valence-corrected chi connectivity index (χ4v) is 1.41. The van der Waals surface area contributed by atoms with E-state index in [0.717, 1.165) is 12.1 Å². The number of hydrogen-bond acceptors (Lipinski definition) is 4. The van der Waals surface area contributed by atoms with Gasteiger partial charge in [-0.15, -0.1) is 10.2 Å². The molecule has 1 heterocycles. The summed E-state index contributed by atoms with van der Waals surface area (Å²) in [4.78, 5) is 0. The predicted octanol–water partition coefficient (Wildman–Crippen LogP) is 2.05. The molecule has 4 nitrogen and oxygen atoms in total. The molecule has 0 radical (unpaired) electrons. The Morgan fingerprint density at radius 3 is 2.61 bits per heavy atom. The van der Waals surface area contributed by atoms with Crippen molar-refractivity contribution in [2.75, 3.05) is 6.54 Å². The molecule has 0 saturated carbocycles. The fraction of sp³-hybridized carbons (Fsp3) is 0.273. The minimum absolute atomic E-state index is 0.182. The van der Waals surface area contributed by atoms with Gasteiger partial charge in [0.15, 0.2) is 17.5 Å². The number of hydrogen-bond donors (Lipinski definition) is 1. The van der Waals surface area contributed by atoms with Crippen LogP contribution in [0.25, 0.3) is 11.5 Å². The Balaban J connectivity index is 2.31. The second-order valence-electron chi connectivity index (χ2n) is 3.62. The Bertz CT molecular complexity index is 556. The van der Waals surface area contributed by atoms with E-state index in [9.17, 15) is 13.2 Å². The Labute approximate surface area is 101 Å². The molecule has 0 bridgehead atoms. The molecule has 0 saturated heterocycles. The zero-order chi connectivity index (χ0) is 13.1. The normalized spacial score (nSPS) is 10.9. The van der Waals surface area contributed by atoms with Crippen LogP contribution in [0.3, 0.4) is 0 Å². The summed E-state index contributed by atoms with van der Waals surface area (Å²) in [6.45, 7) is 0.456. The number of nitrogens with zero attached hydrogens (tertiary/aromatic N) is 2. The molecule has 18 heavy (non-hydrogen) atoms. The topological polar surface area (TPSA) is 64.9 Å². The molecule has 96 valence electrons. The highest BCUT2D eigenvalue weighted by Gasteiger charge is 2.18. The highest BCUT2D eigenvalue weighted by atomic mass is 19.2. The van der Waals surface area contributed by atoms with Gasteiger partial charge in [0.2, 0.25) is 5.89 Å². The van der Waals surface area contributed by atoms with E-state index < -0.39 is 17.5 Å². The van der Waals surface area contributed by atoms with Crippen LogP contribution in [0.15, 0.2) is 16.5 Å². The summed E-state index contributed by atoms with van der Waals surface area (Å²) in [7, 11) is 0. The lowest BCUT2D eigenvalue weighted by atomic mass is 10.2.